The van der Waals surface area contributed by atoms with Crippen LogP contribution in [0.2, 0.25) is 0 Å². The van der Waals surface area contributed by atoms with Crippen molar-refractivity contribution in [1.82, 2.24) is 0 Å². The molecule has 0 aromatic heterocycles. The monoisotopic (exact) mass is 287 g/mol. The second kappa shape index (κ2) is 6.88. The van der Waals surface area contributed by atoms with Gasteiger partial charge in [0.2, 0.25) is 0 Å². The Bertz CT molecular complexity index is 611. The van der Waals surface area contributed by atoms with Gasteiger partial charge in [0, 0.05) is 12.2 Å². The van der Waals surface area contributed by atoms with E-state index in [2.05, 4.69) is 12.2 Å². The maximum atomic E-state index is 5.31. The highest BCUT2D eigenvalue weighted by Crippen LogP contribution is 2.28. The van der Waals surface area contributed by atoms with Crippen molar-refractivity contribution < 1.29 is 14.2 Å². The molecule has 4 nitrogen and oxygen atoms in total. The zero-order chi connectivity index (χ0) is 15.2. The number of anilines is 1. The van der Waals surface area contributed by atoms with E-state index in [0.717, 1.165) is 34.1 Å². The number of benzene rings is 2. The number of rotatable bonds is 6. The molecule has 0 heterocycles. The number of methoxy groups -OCH3 is 3. The van der Waals surface area contributed by atoms with Gasteiger partial charge in [-0.25, -0.2) is 0 Å². The maximum absolute atomic E-state index is 5.31. The summed E-state index contributed by atoms with van der Waals surface area (Å²) in [6.07, 6.45) is 0. The Kier molecular flexibility index (Phi) is 4.93. The van der Waals surface area contributed by atoms with Gasteiger partial charge in [0.15, 0.2) is 11.5 Å². The van der Waals surface area contributed by atoms with Gasteiger partial charge in [0.05, 0.1) is 21.3 Å². The van der Waals surface area contributed by atoms with Crippen molar-refractivity contribution in [3.05, 3.63) is 47.5 Å². The zero-order valence-electron chi connectivity index (χ0n) is 12.9. The molecule has 0 unspecified atom stereocenters. The topological polar surface area (TPSA) is 39.7 Å². The third kappa shape index (κ3) is 3.60. The third-order valence-corrected chi connectivity index (χ3v) is 3.36. The molecule has 0 saturated heterocycles. The molecule has 0 spiro atoms. The van der Waals surface area contributed by atoms with Crippen LogP contribution in [0.5, 0.6) is 17.2 Å². The smallest absolute Gasteiger partial charge is 0.161 e. The first kappa shape index (κ1) is 15.0. The SMILES string of the molecule is COc1ccc(NCc2ccc(OC)c(OC)c2)c(C)c1. The molecule has 0 fully saturated rings. The average Bonchev–Trinajstić information content (AvgIpc) is 2.53. The van der Waals surface area contributed by atoms with E-state index in [1.54, 1.807) is 21.3 Å². The van der Waals surface area contributed by atoms with Crippen LogP contribution in [0.1, 0.15) is 11.1 Å². The Morgan fingerprint density at radius 1 is 0.857 bits per heavy atom. The summed E-state index contributed by atoms with van der Waals surface area (Å²) in [6, 6.07) is 11.9. The first-order valence-corrected chi connectivity index (χ1v) is 6.77. The highest BCUT2D eigenvalue weighted by Gasteiger charge is 2.05. The average molecular weight is 287 g/mol. The van der Waals surface area contributed by atoms with Crippen LogP contribution in [0.15, 0.2) is 36.4 Å². The van der Waals surface area contributed by atoms with Crippen molar-refractivity contribution in [3.8, 4) is 17.2 Å². The van der Waals surface area contributed by atoms with Crippen LogP contribution in [0.25, 0.3) is 0 Å². The predicted octanol–water partition coefficient (Wildman–Crippen LogP) is 3.63. The zero-order valence-corrected chi connectivity index (χ0v) is 12.9. The molecule has 2 aromatic carbocycles. The van der Waals surface area contributed by atoms with E-state index in [4.69, 9.17) is 14.2 Å². The fourth-order valence-corrected chi connectivity index (χ4v) is 2.15. The standard InChI is InChI=1S/C17H21NO3/c1-12-9-14(19-2)6-7-15(12)18-11-13-5-8-16(20-3)17(10-13)21-4/h5-10,18H,11H2,1-4H3. The summed E-state index contributed by atoms with van der Waals surface area (Å²) in [5, 5.41) is 3.42. The molecule has 0 aliphatic carbocycles. The number of hydrogen-bond acceptors (Lipinski definition) is 4. The molecule has 0 aliphatic heterocycles. The molecule has 1 N–H and O–H groups in total. The highest BCUT2D eigenvalue weighted by atomic mass is 16.5. The van der Waals surface area contributed by atoms with E-state index in [9.17, 15) is 0 Å². The lowest BCUT2D eigenvalue weighted by Gasteiger charge is -2.13. The summed E-state index contributed by atoms with van der Waals surface area (Å²) in [5.74, 6) is 2.34. The second-order valence-electron chi connectivity index (χ2n) is 4.72. The summed E-state index contributed by atoms with van der Waals surface area (Å²) in [4.78, 5) is 0. The first-order valence-electron chi connectivity index (χ1n) is 6.77. The van der Waals surface area contributed by atoms with Gasteiger partial charge in [0.25, 0.3) is 0 Å². The normalized spacial score (nSPS) is 10.1. The number of nitrogens with one attached hydrogen (secondary N) is 1. The van der Waals surface area contributed by atoms with Gasteiger partial charge in [0.1, 0.15) is 5.75 Å². The molecule has 4 heteroatoms. The van der Waals surface area contributed by atoms with E-state index in [1.165, 1.54) is 0 Å². The number of aryl methyl sites for hydroxylation is 1. The molecule has 0 amide bonds. The fraction of sp³-hybridized carbons (Fsp3) is 0.294. The van der Waals surface area contributed by atoms with Crippen molar-refractivity contribution in [3.63, 3.8) is 0 Å². The van der Waals surface area contributed by atoms with Crippen LogP contribution in [-0.2, 0) is 6.54 Å². The molecule has 0 atom stereocenters. The Balaban J connectivity index is 2.09. The van der Waals surface area contributed by atoms with Crippen LogP contribution in [-0.4, -0.2) is 21.3 Å². The summed E-state index contributed by atoms with van der Waals surface area (Å²) in [5.41, 5.74) is 3.36. The quantitative estimate of drug-likeness (QED) is 0.880. The van der Waals surface area contributed by atoms with Crippen LogP contribution < -0.4 is 19.5 Å². The second-order valence-corrected chi connectivity index (χ2v) is 4.72. The highest BCUT2D eigenvalue weighted by molar-refractivity contribution is 5.54. The van der Waals surface area contributed by atoms with Crippen molar-refractivity contribution in [2.45, 2.75) is 13.5 Å². The number of hydrogen-bond donors (Lipinski definition) is 1. The molecular formula is C17H21NO3. The molecule has 21 heavy (non-hydrogen) atoms. The largest absolute Gasteiger partial charge is 0.497 e. The van der Waals surface area contributed by atoms with Crippen molar-refractivity contribution in [1.29, 1.82) is 0 Å². The lowest BCUT2D eigenvalue weighted by atomic mass is 10.1. The van der Waals surface area contributed by atoms with Gasteiger partial charge < -0.3 is 19.5 Å². The van der Waals surface area contributed by atoms with Gasteiger partial charge in [-0.05, 0) is 48.4 Å². The fourth-order valence-electron chi connectivity index (χ4n) is 2.15. The van der Waals surface area contributed by atoms with Crippen LogP contribution in [0, 0.1) is 6.92 Å². The van der Waals surface area contributed by atoms with E-state index in [1.807, 2.05) is 36.4 Å². The molecule has 0 radical (unpaired) electrons. The van der Waals surface area contributed by atoms with E-state index >= 15 is 0 Å². The molecule has 0 aliphatic rings. The van der Waals surface area contributed by atoms with Crippen LogP contribution >= 0.6 is 0 Å². The lowest BCUT2D eigenvalue weighted by molar-refractivity contribution is 0.354. The molecule has 0 saturated carbocycles. The lowest BCUT2D eigenvalue weighted by Crippen LogP contribution is -2.02. The van der Waals surface area contributed by atoms with Gasteiger partial charge in [-0.2, -0.15) is 0 Å². The first-order chi connectivity index (χ1) is 10.2. The van der Waals surface area contributed by atoms with E-state index in [0.29, 0.717) is 6.54 Å². The third-order valence-electron chi connectivity index (χ3n) is 3.36. The summed E-state index contributed by atoms with van der Waals surface area (Å²) in [6.45, 7) is 2.77. The van der Waals surface area contributed by atoms with Crippen LogP contribution in [0.3, 0.4) is 0 Å². The Morgan fingerprint density at radius 3 is 2.24 bits per heavy atom. The molecule has 112 valence electrons. The Morgan fingerprint density at radius 2 is 1.62 bits per heavy atom. The van der Waals surface area contributed by atoms with E-state index < -0.39 is 0 Å². The summed E-state index contributed by atoms with van der Waals surface area (Å²) < 4.78 is 15.8. The Hall–Kier alpha value is -2.36. The van der Waals surface area contributed by atoms with Gasteiger partial charge in [-0.3, -0.25) is 0 Å². The minimum Gasteiger partial charge on any atom is -0.497 e. The summed E-state index contributed by atoms with van der Waals surface area (Å²) in [7, 11) is 4.95. The van der Waals surface area contributed by atoms with E-state index in [-0.39, 0.29) is 0 Å². The number of ether oxygens (including phenoxy) is 3. The predicted molar refractivity (Wildman–Crippen MR) is 84.6 cm³/mol. The van der Waals surface area contributed by atoms with Gasteiger partial charge in [-0.15, -0.1) is 0 Å². The maximum Gasteiger partial charge on any atom is 0.161 e. The Labute approximate surface area is 125 Å². The molecular weight excluding hydrogens is 266 g/mol. The van der Waals surface area contributed by atoms with Crippen molar-refractivity contribution >= 4 is 5.69 Å². The molecule has 2 rings (SSSR count). The molecule has 0 bridgehead atoms. The summed E-state index contributed by atoms with van der Waals surface area (Å²) >= 11 is 0. The van der Waals surface area contributed by atoms with Crippen molar-refractivity contribution in [2.75, 3.05) is 26.6 Å². The van der Waals surface area contributed by atoms with Gasteiger partial charge in [-0.1, -0.05) is 6.07 Å². The molecule has 2 aromatic rings. The minimum atomic E-state index is 0.716. The van der Waals surface area contributed by atoms with Crippen molar-refractivity contribution in [2.24, 2.45) is 0 Å². The minimum absolute atomic E-state index is 0.716. The van der Waals surface area contributed by atoms with Gasteiger partial charge >= 0.3 is 0 Å². The van der Waals surface area contributed by atoms with Crippen LogP contribution in [0.4, 0.5) is 5.69 Å².